The summed E-state index contributed by atoms with van der Waals surface area (Å²) in [6, 6.07) is 12.6. The van der Waals surface area contributed by atoms with Gasteiger partial charge in [-0.05, 0) is 56.0 Å². The number of nitrogens with zero attached hydrogens (tertiary/aromatic N) is 1. The van der Waals surface area contributed by atoms with Crippen molar-refractivity contribution in [2.45, 2.75) is 33.2 Å². The number of hydrazine groups is 1. The molecular formula is C16H21N3. The summed E-state index contributed by atoms with van der Waals surface area (Å²) < 4.78 is 0. The molecule has 3 nitrogen and oxygen atoms in total. The standard InChI is InChI=1S/C16H21N3/c1-11-7-8-14(9-12(11)2)10-16(19-17)15-6-4-5-13(3)18-15/h4-9,16,19H,10,17H2,1-3H3. The Morgan fingerprint density at radius 1 is 1.11 bits per heavy atom. The third-order valence-electron chi connectivity index (χ3n) is 3.48. The van der Waals surface area contributed by atoms with Crippen molar-refractivity contribution in [2.24, 2.45) is 5.84 Å². The molecule has 0 radical (unpaired) electrons. The highest BCUT2D eigenvalue weighted by atomic mass is 15.2. The molecule has 100 valence electrons. The average molecular weight is 255 g/mol. The molecule has 0 amide bonds. The van der Waals surface area contributed by atoms with Gasteiger partial charge in [0.25, 0.3) is 0 Å². The normalized spacial score (nSPS) is 12.4. The SMILES string of the molecule is Cc1cccc(C(Cc2ccc(C)c(C)c2)NN)n1. The average Bonchev–Trinajstić information content (AvgIpc) is 2.40. The molecule has 0 aliphatic rings. The van der Waals surface area contributed by atoms with Crippen LogP contribution in [0, 0.1) is 20.8 Å². The van der Waals surface area contributed by atoms with Crippen molar-refractivity contribution in [2.75, 3.05) is 0 Å². The maximum absolute atomic E-state index is 5.68. The van der Waals surface area contributed by atoms with Crippen molar-refractivity contribution < 1.29 is 0 Å². The number of aryl methyl sites for hydroxylation is 3. The fourth-order valence-corrected chi connectivity index (χ4v) is 2.17. The Balaban J connectivity index is 2.21. The maximum atomic E-state index is 5.68. The van der Waals surface area contributed by atoms with E-state index >= 15 is 0 Å². The lowest BCUT2D eigenvalue weighted by atomic mass is 9.99. The molecule has 0 saturated carbocycles. The van der Waals surface area contributed by atoms with E-state index in [9.17, 15) is 0 Å². The Kier molecular flexibility index (Phi) is 4.30. The first kappa shape index (κ1) is 13.7. The fraction of sp³-hybridized carbons (Fsp3) is 0.312. The quantitative estimate of drug-likeness (QED) is 0.652. The number of hydrogen-bond donors (Lipinski definition) is 2. The molecule has 1 aromatic carbocycles. The van der Waals surface area contributed by atoms with E-state index in [1.807, 2.05) is 25.1 Å². The molecule has 1 unspecified atom stereocenters. The molecule has 1 aromatic heterocycles. The number of aromatic nitrogens is 1. The molecule has 1 atom stereocenters. The molecule has 0 bridgehead atoms. The highest BCUT2D eigenvalue weighted by Gasteiger charge is 2.12. The molecule has 2 aromatic rings. The van der Waals surface area contributed by atoms with Crippen molar-refractivity contribution in [1.29, 1.82) is 0 Å². The minimum atomic E-state index is 0.0435. The van der Waals surface area contributed by atoms with Crippen molar-refractivity contribution in [3.63, 3.8) is 0 Å². The fourth-order valence-electron chi connectivity index (χ4n) is 2.17. The van der Waals surface area contributed by atoms with Crippen LogP contribution >= 0.6 is 0 Å². The lowest BCUT2D eigenvalue weighted by Gasteiger charge is -2.16. The number of nitrogens with two attached hydrogens (primary N) is 1. The molecular weight excluding hydrogens is 234 g/mol. The summed E-state index contributed by atoms with van der Waals surface area (Å²) in [6.45, 7) is 6.25. The molecule has 0 aliphatic carbocycles. The van der Waals surface area contributed by atoms with Crippen LogP contribution in [0.25, 0.3) is 0 Å². The summed E-state index contributed by atoms with van der Waals surface area (Å²) in [5.74, 6) is 5.68. The van der Waals surface area contributed by atoms with Crippen LogP contribution in [0.1, 0.15) is 34.1 Å². The predicted molar refractivity (Wildman–Crippen MR) is 78.7 cm³/mol. The van der Waals surface area contributed by atoms with Crippen LogP contribution in [0.4, 0.5) is 0 Å². The minimum Gasteiger partial charge on any atom is -0.271 e. The van der Waals surface area contributed by atoms with Gasteiger partial charge >= 0.3 is 0 Å². The zero-order valence-corrected chi connectivity index (χ0v) is 11.8. The molecule has 0 spiro atoms. The van der Waals surface area contributed by atoms with Crippen molar-refractivity contribution in [3.8, 4) is 0 Å². The van der Waals surface area contributed by atoms with Crippen LogP contribution in [0.5, 0.6) is 0 Å². The summed E-state index contributed by atoms with van der Waals surface area (Å²) in [7, 11) is 0. The van der Waals surface area contributed by atoms with E-state index in [0.29, 0.717) is 0 Å². The zero-order valence-electron chi connectivity index (χ0n) is 11.8. The van der Waals surface area contributed by atoms with Gasteiger partial charge in [-0.3, -0.25) is 16.3 Å². The van der Waals surface area contributed by atoms with E-state index < -0.39 is 0 Å². The summed E-state index contributed by atoms with van der Waals surface area (Å²) in [6.07, 6.45) is 0.841. The summed E-state index contributed by atoms with van der Waals surface area (Å²) in [5.41, 5.74) is 8.76. The molecule has 0 saturated heterocycles. The second kappa shape index (κ2) is 5.95. The van der Waals surface area contributed by atoms with Gasteiger partial charge in [-0.15, -0.1) is 0 Å². The topological polar surface area (TPSA) is 50.9 Å². The maximum Gasteiger partial charge on any atom is 0.0672 e. The largest absolute Gasteiger partial charge is 0.271 e. The number of rotatable bonds is 4. The van der Waals surface area contributed by atoms with E-state index in [0.717, 1.165) is 17.8 Å². The summed E-state index contributed by atoms with van der Waals surface area (Å²) >= 11 is 0. The highest BCUT2D eigenvalue weighted by Crippen LogP contribution is 2.18. The second-order valence-electron chi connectivity index (χ2n) is 5.05. The number of benzene rings is 1. The molecule has 0 fully saturated rings. The minimum absolute atomic E-state index is 0.0435. The summed E-state index contributed by atoms with van der Waals surface area (Å²) in [4.78, 5) is 4.54. The third-order valence-corrected chi connectivity index (χ3v) is 3.48. The van der Waals surface area contributed by atoms with Crippen molar-refractivity contribution in [1.82, 2.24) is 10.4 Å². The van der Waals surface area contributed by atoms with Gasteiger partial charge in [0.15, 0.2) is 0 Å². The van der Waals surface area contributed by atoms with Gasteiger partial charge in [-0.1, -0.05) is 24.3 Å². The van der Waals surface area contributed by atoms with Crippen LogP contribution in [0.3, 0.4) is 0 Å². The van der Waals surface area contributed by atoms with Gasteiger partial charge < -0.3 is 0 Å². The Labute approximate surface area is 114 Å². The van der Waals surface area contributed by atoms with E-state index in [1.165, 1.54) is 16.7 Å². The molecule has 0 aliphatic heterocycles. The smallest absolute Gasteiger partial charge is 0.0672 e. The van der Waals surface area contributed by atoms with E-state index in [4.69, 9.17) is 5.84 Å². The molecule has 3 heteroatoms. The lowest BCUT2D eigenvalue weighted by molar-refractivity contribution is 0.537. The van der Waals surface area contributed by atoms with Crippen LogP contribution < -0.4 is 11.3 Å². The first-order valence-corrected chi connectivity index (χ1v) is 6.56. The third kappa shape index (κ3) is 3.40. The van der Waals surface area contributed by atoms with Crippen molar-refractivity contribution >= 4 is 0 Å². The Morgan fingerprint density at radius 2 is 1.89 bits per heavy atom. The van der Waals surface area contributed by atoms with Gasteiger partial charge in [0.2, 0.25) is 0 Å². The zero-order chi connectivity index (χ0) is 13.8. The van der Waals surface area contributed by atoms with Gasteiger partial charge in [-0.25, -0.2) is 0 Å². The van der Waals surface area contributed by atoms with Crippen LogP contribution in [-0.2, 0) is 6.42 Å². The van der Waals surface area contributed by atoms with Crippen LogP contribution in [-0.4, -0.2) is 4.98 Å². The van der Waals surface area contributed by atoms with Crippen LogP contribution in [0.15, 0.2) is 36.4 Å². The van der Waals surface area contributed by atoms with E-state index in [2.05, 4.69) is 42.5 Å². The molecule has 19 heavy (non-hydrogen) atoms. The lowest BCUT2D eigenvalue weighted by Crippen LogP contribution is -2.30. The summed E-state index contributed by atoms with van der Waals surface area (Å²) in [5, 5.41) is 0. The van der Waals surface area contributed by atoms with Gasteiger partial charge in [-0.2, -0.15) is 0 Å². The van der Waals surface area contributed by atoms with Gasteiger partial charge in [0.05, 0.1) is 11.7 Å². The van der Waals surface area contributed by atoms with Gasteiger partial charge in [0.1, 0.15) is 0 Å². The highest BCUT2D eigenvalue weighted by molar-refractivity contribution is 5.31. The van der Waals surface area contributed by atoms with E-state index in [-0.39, 0.29) is 6.04 Å². The predicted octanol–water partition coefficient (Wildman–Crippen LogP) is 2.75. The number of nitrogens with one attached hydrogen (secondary N) is 1. The first-order valence-electron chi connectivity index (χ1n) is 6.56. The Bertz CT molecular complexity index is 564. The van der Waals surface area contributed by atoms with Crippen molar-refractivity contribution in [3.05, 3.63) is 64.5 Å². The second-order valence-corrected chi connectivity index (χ2v) is 5.05. The Morgan fingerprint density at radius 3 is 2.53 bits per heavy atom. The molecule has 2 rings (SSSR count). The monoisotopic (exact) mass is 255 g/mol. The first-order chi connectivity index (χ1) is 9.10. The number of hydrogen-bond acceptors (Lipinski definition) is 3. The molecule has 3 N–H and O–H groups in total. The Hall–Kier alpha value is -1.71. The number of pyridine rings is 1. The molecule has 1 heterocycles. The van der Waals surface area contributed by atoms with E-state index in [1.54, 1.807) is 0 Å². The van der Waals surface area contributed by atoms with Gasteiger partial charge in [0, 0.05) is 5.69 Å². The van der Waals surface area contributed by atoms with Crippen LogP contribution in [0.2, 0.25) is 0 Å².